The molecule has 0 bridgehead atoms. The fourth-order valence-corrected chi connectivity index (χ4v) is 5.31. The van der Waals surface area contributed by atoms with Gasteiger partial charge < -0.3 is 10.2 Å². The first-order chi connectivity index (χ1) is 19.1. The quantitative estimate of drug-likeness (QED) is 0.301. The van der Waals surface area contributed by atoms with Crippen LogP contribution in [0.25, 0.3) is 0 Å². The number of nitrogens with zero attached hydrogens (tertiary/aromatic N) is 1. The summed E-state index contributed by atoms with van der Waals surface area (Å²) in [5.74, 6) is -0.612. The van der Waals surface area contributed by atoms with Gasteiger partial charge in [0.05, 0.1) is 4.90 Å². The summed E-state index contributed by atoms with van der Waals surface area (Å²) in [5.41, 5.74) is 2.43. The van der Waals surface area contributed by atoms with Crippen LogP contribution in [-0.4, -0.2) is 44.3 Å². The highest BCUT2D eigenvalue weighted by Gasteiger charge is 2.30. The van der Waals surface area contributed by atoms with Crippen molar-refractivity contribution in [2.24, 2.45) is 5.92 Å². The summed E-state index contributed by atoms with van der Waals surface area (Å²) in [6, 6.07) is 21.1. The molecule has 7 nitrogen and oxygen atoms in total. The van der Waals surface area contributed by atoms with Gasteiger partial charge in [-0.1, -0.05) is 75.4 Å². The minimum atomic E-state index is -3.57. The number of carbonyl (C=O) groups excluding carboxylic acids is 2. The number of carbonyl (C=O) groups is 2. The molecule has 9 heteroatoms. The largest absolute Gasteiger partial charge is 0.354 e. The highest BCUT2D eigenvalue weighted by atomic mass is 32.2. The summed E-state index contributed by atoms with van der Waals surface area (Å²) in [7, 11) is -3.57. The summed E-state index contributed by atoms with van der Waals surface area (Å²) in [6.07, 6.45) is 0.809. The highest BCUT2D eigenvalue weighted by Crippen LogP contribution is 2.18. The lowest BCUT2D eigenvalue weighted by atomic mass is 10.0. The number of amides is 2. The molecule has 0 saturated carbocycles. The summed E-state index contributed by atoms with van der Waals surface area (Å²) < 4.78 is 40.5. The Balaban J connectivity index is 1.86. The molecule has 2 amide bonds. The van der Waals surface area contributed by atoms with E-state index in [9.17, 15) is 22.4 Å². The van der Waals surface area contributed by atoms with E-state index in [0.717, 1.165) is 11.1 Å². The van der Waals surface area contributed by atoms with Crippen LogP contribution in [0.5, 0.6) is 0 Å². The van der Waals surface area contributed by atoms with Gasteiger partial charge in [0.15, 0.2) is 0 Å². The lowest BCUT2D eigenvalue weighted by Crippen LogP contribution is -2.51. The van der Waals surface area contributed by atoms with Gasteiger partial charge in [-0.3, -0.25) is 9.59 Å². The van der Waals surface area contributed by atoms with E-state index in [4.69, 9.17) is 0 Å². The molecule has 3 aromatic rings. The van der Waals surface area contributed by atoms with Crippen molar-refractivity contribution < 1.29 is 22.4 Å². The van der Waals surface area contributed by atoms with Gasteiger partial charge in [0.25, 0.3) is 0 Å². The van der Waals surface area contributed by atoms with E-state index in [0.29, 0.717) is 24.9 Å². The number of hydrogen-bond acceptors (Lipinski definition) is 4. The molecular formula is C31H38FN3O4S. The maximum atomic E-state index is 13.7. The van der Waals surface area contributed by atoms with Crippen molar-refractivity contribution in [3.63, 3.8) is 0 Å². The summed E-state index contributed by atoms with van der Waals surface area (Å²) >= 11 is 0. The molecule has 0 radical (unpaired) electrons. The standard InChI is InChI=1S/C31H38FN3O4S/c1-4-34-40(38,39)28-17-12-24(13-18-28)14-19-30(36)35(22-26-10-15-27(32)16-11-26)29(31(37)33-21-23(2)3)20-25-8-6-5-7-9-25/h5-13,15-18,23,29,34H,4,14,19-22H2,1-3H3,(H,33,37)/t29-/m1/s1. The minimum absolute atomic E-state index is 0.114. The smallest absolute Gasteiger partial charge is 0.243 e. The fourth-order valence-electron chi connectivity index (χ4n) is 4.27. The number of hydrogen-bond donors (Lipinski definition) is 2. The molecule has 0 aliphatic carbocycles. The van der Waals surface area contributed by atoms with Crippen molar-refractivity contribution in [3.05, 3.63) is 101 Å². The first-order valence-electron chi connectivity index (χ1n) is 13.5. The van der Waals surface area contributed by atoms with Crippen molar-refractivity contribution in [1.29, 1.82) is 0 Å². The second-order valence-electron chi connectivity index (χ2n) is 10.1. The second-order valence-corrected chi connectivity index (χ2v) is 11.9. The highest BCUT2D eigenvalue weighted by molar-refractivity contribution is 7.89. The third-order valence-electron chi connectivity index (χ3n) is 6.42. The molecule has 1 atom stereocenters. The number of sulfonamides is 1. The Morgan fingerprint density at radius 2 is 1.50 bits per heavy atom. The average Bonchev–Trinajstić information content (AvgIpc) is 2.94. The third kappa shape index (κ3) is 9.27. The van der Waals surface area contributed by atoms with E-state index in [1.807, 2.05) is 44.2 Å². The lowest BCUT2D eigenvalue weighted by molar-refractivity contribution is -0.141. The fraction of sp³-hybridized carbons (Fsp3) is 0.355. The maximum Gasteiger partial charge on any atom is 0.243 e. The Morgan fingerprint density at radius 3 is 2.10 bits per heavy atom. The van der Waals surface area contributed by atoms with Gasteiger partial charge in [0.1, 0.15) is 11.9 Å². The van der Waals surface area contributed by atoms with Gasteiger partial charge in [-0.25, -0.2) is 17.5 Å². The zero-order valence-electron chi connectivity index (χ0n) is 23.3. The van der Waals surface area contributed by atoms with Gasteiger partial charge in [-0.2, -0.15) is 0 Å². The molecule has 0 unspecified atom stereocenters. The molecule has 0 aliphatic heterocycles. The van der Waals surface area contributed by atoms with Gasteiger partial charge in [-0.15, -0.1) is 0 Å². The molecule has 2 N–H and O–H groups in total. The summed E-state index contributed by atoms with van der Waals surface area (Å²) in [6.45, 7) is 6.63. The molecule has 0 spiro atoms. The normalized spacial score (nSPS) is 12.2. The second kappa shape index (κ2) is 14.7. The number of halogens is 1. The van der Waals surface area contributed by atoms with Crippen molar-refractivity contribution in [2.45, 2.75) is 57.5 Å². The Labute approximate surface area is 236 Å². The van der Waals surface area contributed by atoms with Crippen molar-refractivity contribution in [3.8, 4) is 0 Å². The summed E-state index contributed by atoms with van der Waals surface area (Å²) in [5, 5.41) is 2.98. The number of aryl methyl sites for hydroxylation is 1. The molecule has 3 rings (SSSR count). The Hall–Kier alpha value is -3.56. The van der Waals surface area contributed by atoms with Crippen LogP contribution in [0.2, 0.25) is 0 Å². The van der Waals surface area contributed by atoms with Gasteiger partial charge in [-0.05, 0) is 53.3 Å². The Kier molecular flexibility index (Phi) is 11.4. The Bertz CT molecular complexity index is 1350. The van der Waals surface area contributed by atoms with Crippen LogP contribution in [0.1, 0.15) is 43.9 Å². The van der Waals surface area contributed by atoms with Crippen molar-refractivity contribution >= 4 is 21.8 Å². The zero-order valence-corrected chi connectivity index (χ0v) is 24.1. The van der Waals surface area contributed by atoms with Crippen LogP contribution in [-0.2, 0) is 39.0 Å². The van der Waals surface area contributed by atoms with E-state index in [2.05, 4.69) is 10.0 Å². The first kappa shape index (κ1) is 31.0. The van der Waals surface area contributed by atoms with Gasteiger partial charge >= 0.3 is 0 Å². The van der Waals surface area contributed by atoms with E-state index in [1.165, 1.54) is 24.3 Å². The van der Waals surface area contributed by atoms with E-state index in [-0.39, 0.29) is 48.0 Å². The molecule has 0 aromatic heterocycles. The van der Waals surface area contributed by atoms with Crippen LogP contribution in [0.3, 0.4) is 0 Å². The number of benzene rings is 3. The van der Waals surface area contributed by atoms with Crippen LogP contribution in [0.15, 0.2) is 83.8 Å². The maximum absolute atomic E-state index is 13.7. The number of rotatable bonds is 14. The van der Waals surface area contributed by atoms with Crippen molar-refractivity contribution in [1.82, 2.24) is 14.9 Å². The van der Waals surface area contributed by atoms with Crippen LogP contribution >= 0.6 is 0 Å². The topological polar surface area (TPSA) is 95.6 Å². The predicted molar refractivity (Wildman–Crippen MR) is 154 cm³/mol. The lowest BCUT2D eigenvalue weighted by Gasteiger charge is -2.32. The van der Waals surface area contributed by atoms with Crippen LogP contribution < -0.4 is 10.0 Å². The SMILES string of the molecule is CCNS(=O)(=O)c1ccc(CCC(=O)N(Cc2ccc(F)cc2)[C@H](Cc2ccccc2)C(=O)NCC(C)C)cc1. The molecule has 0 saturated heterocycles. The monoisotopic (exact) mass is 567 g/mol. The third-order valence-corrected chi connectivity index (χ3v) is 7.98. The molecule has 3 aromatic carbocycles. The van der Waals surface area contributed by atoms with E-state index < -0.39 is 16.1 Å². The molecule has 214 valence electrons. The Morgan fingerprint density at radius 1 is 0.875 bits per heavy atom. The molecule has 40 heavy (non-hydrogen) atoms. The number of nitrogens with one attached hydrogen (secondary N) is 2. The van der Waals surface area contributed by atoms with E-state index in [1.54, 1.807) is 36.1 Å². The minimum Gasteiger partial charge on any atom is -0.354 e. The van der Waals surface area contributed by atoms with Crippen LogP contribution in [0, 0.1) is 11.7 Å². The van der Waals surface area contributed by atoms with Crippen molar-refractivity contribution in [2.75, 3.05) is 13.1 Å². The van der Waals surface area contributed by atoms with Gasteiger partial charge in [0.2, 0.25) is 21.8 Å². The zero-order chi connectivity index (χ0) is 29.1. The molecule has 0 fully saturated rings. The molecular weight excluding hydrogens is 529 g/mol. The van der Waals surface area contributed by atoms with Gasteiger partial charge in [0, 0.05) is 32.5 Å². The van der Waals surface area contributed by atoms with Crippen LogP contribution in [0.4, 0.5) is 4.39 Å². The molecule has 0 aliphatic rings. The average molecular weight is 568 g/mol. The van der Waals surface area contributed by atoms with E-state index >= 15 is 0 Å². The molecule has 0 heterocycles. The predicted octanol–water partition coefficient (Wildman–Crippen LogP) is 4.47. The summed E-state index contributed by atoms with van der Waals surface area (Å²) in [4.78, 5) is 28.9. The first-order valence-corrected chi connectivity index (χ1v) is 15.0.